The van der Waals surface area contributed by atoms with Crippen LogP contribution in [0.4, 0.5) is 8.78 Å². The fourth-order valence-electron chi connectivity index (χ4n) is 3.66. The number of ether oxygens (including phenoxy) is 5. The Balaban J connectivity index is 2.47. The summed E-state index contributed by atoms with van der Waals surface area (Å²) in [6, 6.07) is 8.84. The summed E-state index contributed by atoms with van der Waals surface area (Å²) in [6.07, 6.45) is 0. The molecule has 0 aromatic heterocycles. The van der Waals surface area contributed by atoms with Gasteiger partial charge in [-0.15, -0.1) is 0 Å². The van der Waals surface area contributed by atoms with Gasteiger partial charge in [-0.1, -0.05) is 12.1 Å². The van der Waals surface area contributed by atoms with Crippen LogP contribution in [0.15, 0.2) is 59.7 Å². The minimum atomic E-state index is -2.41. The Morgan fingerprint density at radius 3 is 1.64 bits per heavy atom. The highest BCUT2D eigenvalue weighted by Crippen LogP contribution is 2.52. The number of carbonyl (C=O) groups excluding carboxylic acids is 3. The first-order valence-electron chi connectivity index (χ1n) is 9.49. The van der Waals surface area contributed by atoms with Crippen molar-refractivity contribution in [3.63, 3.8) is 0 Å². The summed E-state index contributed by atoms with van der Waals surface area (Å²) < 4.78 is 53.6. The Labute approximate surface area is 187 Å². The van der Waals surface area contributed by atoms with Crippen molar-refractivity contribution < 1.29 is 46.8 Å². The van der Waals surface area contributed by atoms with Gasteiger partial charge in [0.25, 0.3) is 0 Å². The van der Waals surface area contributed by atoms with E-state index in [9.17, 15) is 23.2 Å². The van der Waals surface area contributed by atoms with Crippen LogP contribution in [0.5, 0.6) is 0 Å². The van der Waals surface area contributed by atoms with Crippen molar-refractivity contribution in [3.05, 3.63) is 82.4 Å². The third-order valence-corrected chi connectivity index (χ3v) is 5.19. The zero-order chi connectivity index (χ0) is 24.4. The maximum Gasteiger partial charge on any atom is 0.342 e. The number of methoxy groups -OCH3 is 4. The monoisotopic (exact) mass is 462 g/mol. The first-order chi connectivity index (χ1) is 15.7. The van der Waals surface area contributed by atoms with Gasteiger partial charge in [-0.2, -0.15) is 0 Å². The van der Waals surface area contributed by atoms with Gasteiger partial charge in [0, 0.05) is 19.8 Å². The predicted molar refractivity (Wildman–Crippen MR) is 108 cm³/mol. The van der Waals surface area contributed by atoms with E-state index < -0.39 is 52.1 Å². The van der Waals surface area contributed by atoms with Crippen molar-refractivity contribution in [3.8, 4) is 0 Å². The number of hydrogen-bond acceptors (Lipinski definition) is 8. The normalized spacial score (nSPS) is 19.3. The summed E-state index contributed by atoms with van der Waals surface area (Å²) in [5, 5.41) is 0. The third kappa shape index (κ3) is 3.82. The molecule has 3 rings (SSSR count). The van der Waals surface area contributed by atoms with E-state index in [1.165, 1.54) is 24.3 Å². The molecule has 33 heavy (non-hydrogen) atoms. The second-order valence-corrected chi connectivity index (χ2v) is 6.82. The smallest absolute Gasteiger partial charge is 0.342 e. The molecule has 174 valence electrons. The lowest BCUT2D eigenvalue weighted by Gasteiger charge is -2.34. The van der Waals surface area contributed by atoms with Crippen molar-refractivity contribution in [2.45, 2.75) is 11.6 Å². The van der Waals surface area contributed by atoms with E-state index in [0.29, 0.717) is 0 Å². The lowest BCUT2D eigenvalue weighted by molar-refractivity contribution is -0.348. The molecule has 1 unspecified atom stereocenters. The minimum absolute atomic E-state index is 0.0454. The number of hydrogen-bond donors (Lipinski definition) is 0. The van der Waals surface area contributed by atoms with Gasteiger partial charge in [-0.25, -0.2) is 18.4 Å². The summed E-state index contributed by atoms with van der Waals surface area (Å²) in [5.74, 6) is -6.76. The highest BCUT2D eigenvalue weighted by atomic mass is 19.1. The van der Waals surface area contributed by atoms with Crippen molar-refractivity contribution in [2.24, 2.45) is 0 Å². The number of ketones is 1. The molecular weight excluding hydrogens is 442 g/mol. The van der Waals surface area contributed by atoms with Crippen LogP contribution in [-0.2, 0) is 38.9 Å². The largest absolute Gasteiger partial charge is 0.466 e. The molecule has 2 aromatic rings. The van der Waals surface area contributed by atoms with Gasteiger partial charge in [-0.05, 0) is 42.0 Å². The summed E-state index contributed by atoms with van der Waals surface area (Å²) in [5.41, 5.74) is -3.72. The molecule has 1 atom stereocenters. The fourth-order valence-corrected chi connectivity index (χ4v) is 3.66. The first-order valence-corrected chi connectivity index (χ1v) is 9.49. The highest BCUT2D eigenvalue weighted by molar-refractivity contribution is 6.15. The molecule has 1 aliphatic rings. The molecule has 1 aliphatic heterocycles. The maximum absolute atomic E-state index is 13.9. The SMILES string of the molecule is COC(=O)C1=C(C(=O)OC)C(C(=O)c2ccc(F)cc2)(c2ccc(F)cc2)OC1(OC)OC. The van der Waals surface area contributed by atoms with Crippen molar-refractivity contribution in [1.29, 1.82) is 0 Å². The average molecular weight is 462 g/mol. The second kappa shape index (κ2) is 9.18. The van der Waals surface area contributed by atoms with E-state index >= 15 is 0 Å². The van der Waals surface area contributed by atoms with Crippen molar-refractivity contribution >= 4 is 17.7 Å². The Morgan fingerprint density at radius 1 is 0.727 bits per heavy atom. The maximum atomic E-state index is 13.9. The zero-order valence-corrected chi connectivity index (χ0v) is 18.1. The number of benzene rings is 2. The van der Waals surface area contributed by atoms with Gasteiger partial charge in [-0.3, -0.25) is 9.53 Å². The van der Waals surface area contributed by atoms with Crippen LogP contribution in [0.25, 0.3) is 0 Å². The number of halogens is 2. The lowest BCUT2D eigenvalue weighted by Crippen LogP contribution is -2.46. The molecule has 0 fully saturated rings. The second-order valence-electron chi connectivity index (χ2n) is 6.82. The summed E-state index contributed by atoms with van der Waals surface area (Å²) in [6.45, 7) is 0. The highest BCUT2D eigenvalue weighted by Gasteiger charge is 2.66. The van der Waals surface area contributed by atoms with Gasteiger partial charge >= 0.3 is 17.9 Å². The number of esters is 2. The quantitative estimate of drug-likeness (QED) is 0.352. The standard InChI is InChI=1S/C23H20F2O8/c1-29-20(27)17-18(21(28)30-2)23(31-3,32-4)33-22(17,14-7-11-16(25)12-8-14)19(26)13-5-9-15(24)10-6-13/h5-12H,1-4H3. The van der Waals surface area contributed by atoms with Crippen molar-refractivity contribution in [2.75, 3.05) is 28.4 Å². The van der Waals surface area contributed by atoms with Crippen LogP contribution >= 0.6 is 0 Å². The topological polar surface area (TPSA) is 97.4 Å². The van der Waals surface area contributed by atoms with Crippen LogP contribution in [-0.4, -0.2) is 52.1 Å². The van der Waals surface area contributed by atoms with Gasteiger partial charge in [0.1, 0.15) is 22.8 Å². The molecule has 0 saturated heterocycles. The van der Waals surface area contributed by atoms with E-state index in [1.54, 1.807) is 0 Å². The van der Waals surface area contributed by atoms with Crippen LogP contribution in [0.1, 0.15) is 15.9 Å². The molecule has 0 N–H and O–H groups in total. The zero-order valence-electron chi connectivity index (χ0n) is 18.1. The molecule has 0 aliphatic carbocycles. The Morgan fingerprint density at radius 2 is 1.18 bits per heavy atom. The molecule has 0 amide bonds. The van der Waals surface area contributed by atoms with Crippen molar-refractivity contribution in [1.82, 2.24) is 0 Å². The molecule has 0 spiro atoms. The van der Waals surface area contributed by atoms with Crippen LogP contribution in [0, 0.1) is 11.6 Å². The Kier molecular flexibility index (Phi) is 6.73. The molecule has 8 nitrogen and oxygen atoms in total. The minimum Gasteiger partial charge on any atom is -0.466 e. The van der Waals surface area contributed by atoms with Crippen LogP contribution < -0.4 is 0 Å². The molecule has 0 bridgehead atoms. The number of rotatable bonds is 7. The number of Topliss-reactive ketones (excluding diaryl/α,β-unsaturated/α-hetero) is 1. The van der Waals surface area contributed by atoms with E-state index in [0.717, 1.165) is 52.7 Å². The van der Waals surface area contributed by atoms with E-state index in [1.807, 2.05) is 0 Å². The fraction of sp³-hybridized carbons (Fsp3) is 0.261. The Hall–Kier alpha value is -3.47. The van der Waals surface area contributed by atoms with E-state index in [-0.39, 0.29) is 11.1 Å². The predicted octanol–water partition coefficient (Wildman–Crippen LogP) is 2.66. The molecule has 0 radical (unpaired) electrons. The summed E-state index contributed by atoms with van der Waals surface area (Å²) in [4.78, 5) is 39.8. The van der Waals surface area contributed by atoms with Gasteiger partial charge in [0.05, 0.1) is 14.2 Å². The van der Waals surface area contributed by atoms with E-state index in [4.69, 9.17) is 23.7 Å². The van der Waals surface area contributed by atoms with Gasteiger partial charge < -0.3 is 18.9 Å². The van der Waals surface area contributed by atoms with Gasteiger partial charge in [0.15, 0.2) is 5.60 Å². The third-order valence-electron chi connectivity index (χ3n) is 5.19. The number of carbonyl (C=O) groups is 3. The van der Waals surface area contributed by atoms with Crippen LogP contribution in [0.2, 0.25) is 0 Å². The molecular formula is C23H20F2O8. The first kappa shape index (κ1) is 24.2. The molecule has 1 heterocycles. The summed E-state index contributed by atoms with van der Waals surface area (Å²) >= 11 is 0. The lowest BCUT2D eigenvalue weighted by atomic mass is 9.79. The van der Waals surface area contributed by atoms with E-state index in [2.05, 4.69) is 0 Å². The average Bonchev–Trinajstić information content (AvgIpc) is 3.16. The van der Waals surface area contributed by atoms with Crippen LogP contribution in [0.3, 0.4) is 0 Å². The summed E-state index contributed by atoms with van der Waals surface area (Å²) in [7, 11) is 4.30. The van der Waals surface area contributed by atoms with Gasteiger partial charge in [0.2, 0.25) is 5.78 Å². The Bertz CT molecular complexity index is 1100. The molecule has 0 saturated carbocycles. The molecule has 10 heteroatoms. The molecule has 2 aromatic carbocycles.